The molecule has 1 amide bonds. The number of ether oxygens (including phenoxy) is 1. The summed E-state index contributed by atoms with van der Waals surface area (Å²) in [6.07, 6.45) is -0.434. The molecule has 0 spiro atoms. The highest BCUT2D eigenvalue weighted by atomic mass is 16.6. The molecule has 1 heterocycles. The van der Waals surface area contributed by atoms with Crippen molar-refractivity contribution in [2.75, 3.05) is 6.54 Å². The van der Waals surface area contributed by atoms with Crippen molar-refractivity contribution in [1.29, 1.82) is 5.26 Å². The van der Waals surface area contributed by atoms with Gasteiger partial charge in [-0.2, -0.15) is 5.26 Å². The van der Waals surface area contributed by atoms with Crippen LogP contribution in [0.3, 0.4) is 0 Å². The molecule has 0 saturated carbocycles. The van der Waals surface area contributed by atoms with Crippen LogP contribution in [-0.2, 0) is 11.3 Å². The molecule has 0 saturated heterocycles. The van der Waals surface area contributed by atoms with Gasteiger partial charge in [0.25, 0.3) is 0 Å². The lowest BCUT2D eigenvalue weighted by Crippen LogP contribution is -2.42. The smallest absolute Gasteiger partial charge is 0.407 e. The first-order valence-electron chi connectivity index (χ1n) is 6.49. The Morgan fingerprint density at radius 3 is 2.75 bits per heavy atom. The summed E-state index contributed by atoms with van der Waals surface area (Å²) in [5.74, 6) is 0.979. The number of carbonyl (C=O) groups is 1. The molecule has 0 aliphatic heterocycles. The summed E-state index contributed by atoms with van der Waals surface area (Å²) in [5.41, 5.74) is -0.501. The number of amides is 1. The first kappa shape index (κ1) is 16.1. The standard InChI is InChI=1S/C14H21N3O3/c1-10(17-13(18)20-14(2,3)4)8-16-9-12-6-5-11(7-15)19-12/h5-6,10,16H,8-9H2,1-4H3,(H,17,18). The molecule has 0 bridgehead atoms. The molecule has 0 fully saturated rings. The third-order valence-electron chi connectivity index (χ3n) is 2.28. The van der Waals surface area contributed by atoms with Gasteiger partial charge in [-0.25, -0.2) is 4.79 Å². The van der Waals surface area contributed by atoms with Crippen LogP contribution in [0.15, 0.2) is 16.5 Å². The topological polar surface area (TPSA) is 87.3 Å². The van der Waals surface area contributed by atoms with E-state index in [1.807, 2.05) is 33.8 Å². The number of carbonyl (C=O) groups excluding carboxylic acids is 1. The van der Waals surface area contributed by atoms with Gasteiger partial charge in [0.15, 0.2) is 0 Å². The van der Waals surface area contributed by atoms with Crippen molar-refractivity contribution in [3.8, 4) is 6.07 Å². The van der Waals surface area contributed by atoms with Crippen LogP contribution in [0.1, 0.15) is 39.2 Å². The molecule has 1 unspecified atom stereocenters. The molecule has 20 heavy (non-hydrogen) atoms. The lowest BCUT2D eigenvalue weighted by Gasteiger charge is -2.22. The fraction of sp³-hybridized carbons (Fsp3) is 0.571. The van der Waals surface area contributed by atoms with Gasteiger partial charge in [0.2, 0.25) is 5.76 Å². The highest BCUT2D eigenvalue weighted by Crippen LogP contribution is 2.07. The Morgan fingerprint density at radius 2 is 2.20 bits per heavy atom. The van der Waals surface area contributed by atoms with E-state index < -0.39 is 11.7 Å². The van der Waals surface area contributed by atoms with Gasteiger partial charge in [-0.1, -0.05) is 0 Å². The van der Waals surface area contributed by atoms with Gasteiger partial charge in [-0.15, -0.1) is 0 Å². The van der Waals surface area contributed by atoms with Crippen LogP contribution in [0.2, 0.25) is 0 Å². The molecule has 1 aromatic rings. The quantitative estimate of drug-likeness (QED) is 0.862. The van der Waals surface area contributed by atoms with E-state index in [-0.39, 0.29) is 6.04 Å². The fourth-order valence-corrected chi connectivity index (χ4v) is 1.50. The predicted molar refractivity (Wildman–Crippen MR) is 74.0 cm³/mol. The minimum absolute atomic E-state index is 0.0738. The zero-order valence-electron chi connectivity index (χ0n) is 12.3. The lowest BCUT2D eigenvalue weighted by atomic mass is 10.2. The summed E-state index contributed by atoms with van der Waals surface area (Å²) in [6.45, 7) is 8.40. The summed E-state index contributed by atoms with van der Waals surface area (Å²) >= 11 is 0. The van der Waals surface area contributed by atoms with Gasteiger partial charge in [0.05, 0.1) is 6.54 Å². The van der Waals surface area contributed by atoms with Crippen LogP contribution < -0.4 is 10.6 Å². The average molecular weight is 279 g/mol. The van der Waals surface area contributed by atoms with E-state index in [4.69, 9.17) is 14.4 Å². The Bertz CT molecular complexity index is 483. The Balaban J connectivity index is 2.25. The van der Waals surface area contributed by atoms with Gasteiger partial charge >= 0.3 is 6.09 Å². The summed E-state index contributed by atoms with van der Waals surface area (Å²) in [4.78, 5) is 11.5. The maximum atomic E-state index is 11.5. The number of nitriles is 1. The van der Waals surface area contributed by atoms with Crippen molar-refractivity contribution < 1.29 is 13.9 Å². The summed E-state index contributed by atoms with van der Waals surface area (Å²) in [5, 5.41) is 14.5. The van der Waals surface area contributed by atoms with Crippen LogP contribution in [0.5, 0.6) is 0 Å². The number of rotatable bonds is 5. The molecule has 1 atom stereocenters. The van der Waals surface area contributed by atoms with Gasteiger partial charge in [-0.05, 0) is 39.8 Å². The zero-order chi connectivity index (χ0) is 15.2. The fourth-order valence-electron chi connectivity index (χ4n) is 1.50. The van der Waals surface area contributed by atoms with Crippen molar-refractivity contribution >= 4 is 6.09 Å². The third-order valence-corrected chi connectivity index (χ3v) is 2.28. The van der Waals surface area contributed by atoms with E-state index in [0.29, 0.717) is 24.6 Å². The van der Waals surface area contributed by atoms with E-state index in [1.165, 1.54) is 0 Å². The zero-order valence-corrected chi connectivity index (χ0v) is 12.3. The van der Waals surface area contributed by atoms with Crippen molar-refractivity contribution in [2.45, 2.75) is 45.9 Å². The molecule has 6 heteroatoms. The molecule has 6 nitrogen and oxygen atoms in total. The van der Waals surface area contributed by atoms with E-state index in [1.54, 1.807) is 12.1 Å². The maximum absolute atomic E-state index is 11.5. The second-order valence-electron chi connectivity index (χ2n) is 5.56. The van der Waals surface area contributed by atoms with Crippen LogP contribution in [0, 0.1) is 11.3 Å². The van der Waals surface area contributed by atoms with E-state index in [2.05, 4.69) is 10.6 Å². The normalized spacial score (nSPS) is 12.6. The summed E-state index contributed by atoms with van der Waals surface area (Å²) in [7, 11) is 0. The third kappa shape index (κ3) is 6.25. The second-order valence-corrected chi connectivity index (χ2v) is 5.56. The molecular formula is C14H21N3O3. The molecule has 1 aromatic heterocycles. The molecule has 1 rings (SSSR count). The van der Waals surface area contributed by atoms with Crippen molar-refractivity contribution in [3.63, 3.8) is 0 Å². The minimum Gasteiger partial charge on any atom is -0.449 e. The molecule has 2 N–H and O–H groups in total. The SMILES string of the molecule is CC(CNCc1ccc(C#N)o1)NC(=O)OC(C)(C)C. The van der Waals surface area contributed by atoms with Crippen molar-refractivity contribution in [2.24, 2.45) is 0 Å². The lowest BCUT2D eigenvalue weighted by molar-refractivity contribution is 0.0508. The highest BCUT2D eigenvalue weighted by Gasteiger charge is 2.17. The number of hydrogen-bond acceptors (Lipinski definition) is 5. The minimum atomic E-state index is -0.501. The van der Waals surface area contributed by atoms with Crippen LogP contribution in [0.4, 0.5) is 4.79 Å². The number of nitrogens with one attached hydrogen (secondary N) is 2. The number of furan rings is 1. The molecule has 0 radical (unpaired) electrons. The van der Waals surface area contributed by atoms with Gasteiger partial charge < -0.3 is 19.8 Å². The van der Waals surface area contributed by atoms with Gasteiger partial charge in [-0.3, -0.25) is 0 Å². The average Bonchev–Trinajstić information content (AvgIpc) is 2.74. The second kappa shape index (κ2) is 6.96. The molecule has 0 aliphatic rings. The predicted octanol–water partition coefficient (Wildman–Crippen LogP) is 2.15. The largest absolute Gasteiger partial charge is 0.449 e. The van der Waals surface area contributed by atoms with Crippen molar-refractivity contribution in [3.05, 3.63) is 23.7 Å². The molecule has 0 aliphatic carbocycles. The van der Waals surface area contributed by atoms with Gasteiger partial charge in [0.1, 0.15) is 17.4 Å². The van der Waals surface area contributed by atoms with Crippen LogP contribution >= 0.6 is 0 Å². The first-order valence-corrected chi connectivity index (χ1v) is 6.49. The Hall–Kier alpha value is -2.00. The van der Waals surface area contributed by atoms with E-state index in [0.717, 1.165) is 0 Å². The van der Waals surface area contributed by atoms with Crippen LogP contribution in [-0.4, -0.2) is 24.3 Å². The molecular weight excluding hydrogens is 258 g/mol. The number of hydrogen-bond donors (Lipinski definition) is 2. The highest BCUT2D eigenvalue weighted by molar-refractivity contribution is 5.68. The number of nitrogens with zero attached hydrogens (tertiary/aromatic N) is 1. The van der Waals surface area contributed by atoms with E-state index >= 15 is 0 Å². The van der Waals surface area contributed by atoms with E-state index in [9.17, 15) is 4.79 Å². The van der Waals surface area contributed by atoms with Gasteiger partial charge in [0, 0.05) is 12.6 Å². The maximum Gasteiger partial charge on any atom is 0.407 e. The Morgan fingerprint density at radius 1 is 1.50 bits per heavy atom. The number of alkyl carbamates (subject to hydrolysis) is 1. The molecule has 110 valence electrons. The monoisotopic (exact) mass is 279 g/mol. The Kier molecular flexibility index (Phi) is 5.59. The summed E-state index contributed by atoms with van der Waals surface area (Å²) in [6, 6.07) is 5.22. The van der Waals surface area contributed by atoms with Crippen LogP contribution in [0.25, 0.3) is 0 Å². The Labute approximate surface area is 119 Å². The summed E-state index contributed by atoms with van der Waals surface area (Å²) < 4.78 is 10.4. The first-order chi connectivity index (χ1) is 9.30. The molecule has 0 aromatic carbocycles. The van der Waals surface area contributed by atoms with Crippen molar-refractivity contribution in [1.82, 2.24) is 10.6 Å².